The normalized spacial score (nSPS) is 15.8. The van der Waals surface area contributed by atoms with E-state index in [0.717, 1.165) is 56.6 Å². The first-order valence-electron chi connectivity index (χ1n) is 8.64. The predicted molar refractivity (Wildman–Crippen MR) is 112 cm³/mol. The molecule has 2 aromatic rings. The highest BCUT2D eigenvalue weighted by Gasteiger charge is 2.20. The molecule has 26 heavy (non-hydrogen) atoms. The van der Waals surface area contributed by atoms with Gasteiger partial charge in [0.15, 0.2) is 5.96 Å². The summed E-state index contributed by atoms with van der Waals surface area (Å²) in [6.45, 7) is 9.60. The Bertz CT molecular complexity index is 718. The number of halogens is 1. The molecule has 1 aliphatic heterocycles. The zero-order valence-electron chi connectivity index (χ0n) is 15.9. The van der Waals surface area contributed by atoms with Gasteiger partial charge in [0.25, 0.3) is 0 Å². The lowest BCUT2D eigenvalue weighted by Gasteiger charge is -2.36. The van der Waals surface area contributed by atoms with E-state index in [1.54, 1.807) is 6.26 Å². The van der Waals surface area contributed by atoms with E-state index in [1.807, 2.05) is 24.8 Å². The van der Waals surface area contributed by atoms with E-state index >= 15 is 0 Å². The molecule has 0 spiro atoms. The molecule has 3 heterocycles. The maximum absolute atomic E-state index is 4.90. The molecule has 0 atom stereocenters. The lowest BCUT2D eigenvalue weighted by Crippen LogP contribution is -2.52. The molecule has 9 heteroatoms. The Balaban J connectivity index is 0.00000243. The van der Waals surface area contributed by atoms with Gasteiger partial charge in [-0.05, 0) is 13.8 Å². The van der Waals surface area contributed by atoms with Crippen molar-refractivity contribution in [2.75, 3.05) is 33.2 Å². The van der Waals surface area contributed by atoms with Gasteiger partial charge in [-0.1, -0.05) is 5.16 Å². The second-order valence-electron chi connectivity index (χ2n) is 6.43. The third-order valence-electron chi connectivity index (χ3n) is 4.84. The number of aryl methyl sites for hydroxylation is 2. The van der Waals surface area contributed by atoms with Crippen molar-refractivity contribution >= 4 is 29.9 Å². The molecule has 0 aromatic carbocycles. The quantitative estimate of drug-likeness (QED) is 0.413. The summed E-state index contributed by atoms with van der Waals surface area (Å²) in [6, 6.07) is 1.92. The summed E-state index contributed by atoms with van der Waals surface area (Å²) in [6.07, 6.45) is 1.62. The van der Waals surface area contributed by atoms with E-state index < -0.39 is 0 Å². The number of hydrogen-bond donors (Lipinski definition) is 1. The second kappa shape index (κ2) is 9.36. The topological polar surface area (TPSA) is 74.7 Å². The van der Waals surface area contributed by atoms with Gasteiger partial charge in [0, 0.05) is 70.7 Å². The van der Waals surface area contributed by atoms with Crippen molar-refractivity contribution in [1.29, 1.82) is 0 Å². The highest BCUT2D eigenvalue weighted by molar-refractivity contribution is 14.0. The van der Waals surface area contributed by atoms with E-state index in [1.165, 1.54) is 11.3 Å². The fourth-order valence-electron chi connectivity index (χ4n) is 3.24. The molecule has 3 rings (SSSR count). The van der Waals surface area contributed by atoms with Gasteiger partial charge >= 0.3 is 0 Å². The largest absolute Gasteiger partial charge is 0.364 e. The minimum Gasteiger partial charge on any atom is -0.364 e. The number of nitrogens with one attached hydrogen (secondary N) is 1. The molecule has 0 bridgehead atoms. The van der Waals surface area contributed by atoms with Crippen molar-refractivity contribution in [3.05, 3.63) is 35.0 Å². The molecule has 1 fully saturated rings. The summed E-state index contributed by atoms with van der Waals surface area (Å²) in [4.78, 5) is 9.14. The van der Waals surface area contributed by atoms with E-state index in [-0.39, 0.29) is 24.0 Å². The first kappa shape index (κ1) is 20.7. The van der Waals surface area contributed by atoms with Crippen LogP contribution in [0.5, 0.6) is 0 Å². The van der Waals surface area contributed by atoms with Crippen molar-refractivity contribution < 1.29 is 4.52 Å². The second-order valence-corrected chi connectivity index (χ2v) is 6.43. The number of rotatable bonds is 4. The van der Waals surface area contributed by atoms with Crippen molar-refractivity contribution in [3.63, 3.8) is 0 Å². The molecule has 8 nitrogen and oxygen atoms in total. The molecule has 144 valence electrons. The number of aliphatic imine (C=N–C) groups is 1. The summed E-state index contributed by atoms with van der Waals surface area (Å²) >= 11 is 0. The van der Waals surface area contributed by atoms with Gasteiger partial charge in [0.1, 0.15) is 6.26 Å². The van der Waals surface area contributed by atoms with E-state index in [4.69, 9.17) is 4.52 Å². The smallest absolute Gasteiger partial charge is 0.194 e. The lowest BCUT2D eigenvalue weighted by molar-refractivity contribution is 0.169. The molecular formula is C17H28IN7O. The Kier molecular flexibility index (Phi) is 7.44. The van der Waals surface area contributed by atoms with Crippen molar-refractivity contribution in [3.8, 4) is 0 Å². The Labute approximate surface area is 171 Å². The van der Waals surface area contributed by atoms with Crippen LogP contribution in [0.4, 0.5) is 0 Å². The summed E-state index contributed by atoms with van der Waals surface area (Å²) in [5.41, 5.74) is 4.49. The Morgan fingerprint density at radius 2 is 2.00 bits per heavy atom. The van der Waals surface area contributed by atoms with Crippen LogP contribution < -0.4 is 5.32 Å². The fourth-order valence-corrected chi connectivity index (χ4v) is 3.24. The summed E-state index contributed by atoms with van der Waals surface area (Å²) in [5.74, 6) is 0.948. The fraction of sp³-hybridized carbons (Fsp3) is 0.588. The number of guanidine groups is 1. The first-order chi connectivity index (χ1) is 12.1. The average Bonchev–Trinajstić information content (AvgIpc) is 3.20. The molecule has 0 aliphatic carbocycles. The number of aromatic nitrogens is 3. The molecule has 1 N–H and O–H groups in total. The Morgan fingerprint density at radius 3 is 2.54 bits per heavy atom. The Morgan fingerprint density at radius 1 is 1.27 bits per heavy atom. The molecule has 0 radical (unpaired) electrons. The summed E-state index contributed by atoms with van der Waals surface area (Å²) in [7, 11) is 3.82. The Hall–Kier alpha value is -1.62. The molecular weight excluding hydrogens is 445 g/mol. The minimum atomic E-state index is 0. The summed E-state index contributed by atoms with van der Waals surface area (Å²) in [5, 5.41) is 12.0. The van der Waals surface area contributed by atoms with Crippen LogP contribution in [-0.4, -0.2) is 63.9 Å². The molecule has 1 saturated heterocycles. The van der Waals surface area contributed by atoms with E-state index in [2.05, 4.69) is 44.2 Å². The van der Waals surface area contributed by atoms with Crippen molar-refractivity contribution in [2.45, 2.75) is 26.9 Å². The van der Waals surface area contributed by atoms with Gasteiger partial charge in [0.2, 0.25) is 0 Å². The highest BCUT2D eigenvalue weighted by Crippen LogP contribution is 2.12. The number of nitrogens with zero attached hydrogens (tertiary/aromatic N) is 6. The molecule has 2 aromatic heterocycles. The van der Waals surface area contributed by atoms with Crippen LogP contribution in [0, 0.1) is 13.8 Å². The molecule has 1 aliphatic rings. The van der Waals surface area contributed by atoms with Crippen molar-refractivity contribution in [1.82, 2.24) is 30.1 Å². The zero-order chi connectivity index (χ0) is 17.8. The van der Waals surface area contributed by atoms with Crippen molar-refractivity contribution in [2.24, 2.45) is 12.0 Å². The van der Waals surface area contributed by atoms with E-state index in [9.17, 15) is 0 Å². The van der Waals surface area contributed by atoms with Crippen LogP contribution in [0.2, 0.25) is 0 Å². The van der Waals surface area contributed by atoms with Crippen LogP contribution in [0.25, 0.3) is 0 Å². The van der Waals surface area contributed by atoms with Gasteiger partial charge in [-0.3, -0.25) is 14.6 Å². The highest BCUT2D eigenvalue weighted by atomic mass is 127. The van der Waals surface area contributed by atoms with Crippen LogP contribution >= 0.6 is 24.0 Å². The van der Waals surface area contributed by atoms with E-state index in [0.29, 0.717) is 0 Å². The predicted octanol–water partition coefficient (Wildman–Crippen LogP) is 1.54. The first-order valence-corrected chi connectivity index (χ1v) is 8.64. The SMILES string of the molecule is CN=C(NCc1c(C)nn(C)c1C)N1CCN(Cc2ccon2)CC1.I. The van der Waals surface area contributed by atoms with Gasteiger partial charge < -0.3 is 14.7 Å². The maximum atomic E-state index is 4.90. The minimum absolute atomic E-state index is 0. The third kappa shape index (κ3) is 4.76. The lowest BCUT2D eigenvalue weighted by atomic mass is 10.2. The number of hydrogen-bond acceptors (Lipinski definition) is 5. The van der Waals surface area contributed by atoms with Gasteiger partial charge in [-0.2, -0.15) is 5.10 Å². The van der Waals surface area contributed by atoms with Gasteiger partial charge in [-0.15, -0.1) is 24.0 Å². The monoisotopic (exact) mass is 473 g/mol. The molecule has 0 amide bonds. The van der Waals surface area contributed by atoms with Crippen LogP contribution in [-0.2, 0) is 20.1 Å². The van der Waals surface area contributed by atoms with Crippen LogP contribution in [0.3, 0.4) is 0 Å². The van der Waals surface area contributed by atoms with Gasteiger partial charge in [0.05, 0.1) is 11.4 Å². The third-order valence-corrected chi connectivity index (χ3v) is 4.84. The van der Waals surface area contributed by atoms with Crippen LogP contribution in [0.1, 0.15) is 22.6 Å². The number of piperazine rings is 1. The van der Waals surface area contributed by atoms with Gasteiger partial charge in [-0.25, -0.2) is 0 Å². The molecule has 0 unspecified atom stereocenters. The molecule has 0 saturated carbocycles. The zero-order valence-corrected chi connectivity index (χ0v) is 18.2. The maximum Gasteiger partial charge on any atom is 0.194 e. The average molecular weight is 473 g/mol. The summed E-state index contributed by atoms with van der Waals surface area (Å²) < 4.78 is 6.83. The standard InChI is InChI=1S/C17H27N7O.HI/c1-13-16(14(2)22(4)20-13)11-19-17(18-3)24-8-6-23(7-9-24)12-15-5-10-25-21-15;/h5,10H,6-9,11-12H2,1-4H3,(H,18,19);1H. The van der Waals surface area contributed by atoms with Crippen LogP contribution in [0.15, 0.2) is 21.8 Å².